The Balaban J connectivity index is 2.60. The second kappa shape index (κ2) is 8.60. The Kier molecular flexibility index (Phi) is 9.17. The number of aliphatic hydroxyl groups is 1. The third-order valence-corrected chi connectivity index (χ3v) is 2.29. The van der Waals surface area contributed by atoms with Crippen LogP contribution < -0.4 is 0 Å². The molecule has 0 spiro atoms. The van der Waals surface area contributed by atoms with Crippen molar-refractivity contribution in [2.45, 2.75) is 12.8 Å². The predicted octanol–water partition coefficient (Wildman–Crippen LogP) is 1.73. The largest absolute Gasteiger partial charge is 0.396 e. The molecule has 0 aromatic heterocycles. The summed E-state index contributed by atoms with van der Waals surface area (Å²) in [5.41, 5.74) is 0. The second-order valence-electron chi connectivity index (χ2n) is 1.73. The summed E-state index contributed by atoms with van der Waals surface area (Å²) in [6, 6.07) is 0. The maximum Gasteiger partial charge on any atom is 0.0438 e. The maximum absolute atomic E-state index is 8.38. The standard InChI is InChI=1S/C6H13ClOS/c7-3-1-5-9-6-2-4-8/h8H,1-6H2. The molecule has 0 aliphatic heterocycles. The molecular weight excluding hydrogens is 156 g/mol. The van der Waals surface area contributed by atoms with Crippen LogP contribution in [0.4, 0.5) is 0 Å². The monoisotopic (exact) mass is 168 g/mol. The van der Waals surface area contributed by atoms with Crippen LogP contribution in [0, 0.1) is 0 Å². The summed E-state index contributed by atoms with van der Waals surface area (Å²) in [6.07, 6.45) is 1.99. The molecule has 0 rings (SSSR count). The van der Waals surface area contributed by atoms with Gasteiger partial charge in [0.15, 0.2) is 0 Å². The summed E-state index contributed by atoms with van der Waals surface area (Å²) in [4.78, 5) is 0. The first kappa shape index (κ1) is 9.60. The van der Waals surface area contributed by atoms with Crippen molar-refractivity contribution in [1.29, 1.82) is 0 Å². The highest BCUT2D eigenvalue weighted by molar-refractivity contribution is 7.99. The number of halogens is 1. The van der Waals surface area contributed by atoms with Crippen molar-refractivity contribution in [2.24, 2.45) is 0 Å². The number of rotatable bonds is 6. The first-order valence-electron chi connectivity index (χ1n) is 3.16. The van der Waals surface area contributed by atoms with Crippen LogP contribution in [0.1, 0.15) is 12.8 Å². The maximum atomic E-state index is 8.38. The smallest absolute Gasteiger partial charge is 0.0438 e. The van der Waals surface area contributed by atoms with Gasteiger partial charge in [-0.2, -0.15) is 11.8 Å². The molecule has 0 aliphatic rings. The highest BCUT2D eigenvalue weighted by atomic mass is 35.5. The first-order valence-corrected chi connectivity index (χ1v) is 4.85. The van der Waals surface area contributed by atoms with Crippen LogP contribution in [0.25, 0.3) is 0 Å². The van der Waals surface area contributed by atoms with Gasteiger partial charge in [-0.15, -0.1) is 11.6 Å². The molecule has 0 heterocycles. The number of alkyl halides is 1. The molecule has 0 amide bonds. The minimum absolute atomic E-state index is 0.313. The van der Waals surface area contributed by atoms with Gasteiger partial charge in [-0.05, 0) is 24.3 Å². The number of hydrogen-bond acceptors (Lipinski definition) is 2. The van der Waals surface area contributed by atoms with E-state index in [0.717, 1.165) is 30.2 Å². The molecule has 0 radical (unpaired) electrons. The minimum Gasteiger partial charge on any atom is -0.396 e. The molecule has 0 aromatic rings. The molecule has 0 aliphatic carbocycles. The fourth-order valence-corrected chi connectivity index (χ4v) is 1.60. The fraction of sp³-hybridized carbons (Fsp3) is 1.00. The van der Waals surface area contributed by atoms with Crippen molar-refractivity contribution >= 4 is 23.4 Å². The van der Waals surface area contributed by atoms with Gasteiger partial charge in [0, 0.05) is 12.5 Å². The van der Waals surface area contributed by atoms with Crippen molar-refractivity contribution < 1.29 is 5.11 Å². The molecule has 0 fully saturated rings. The van der Waals surface area contributed by atoms with Gasteiger partial charge in [-0.3, -0.25) is 0 Å². The zero-order chi connectivity index (χ0) is 6.95. The average molecular weight is 169 g/mol. The summed E-state index contributed by atoms with van der Waals surface area (Å²) in [5.74, 6) is 2.95. The van der Waals surface area contributed by atoms with Gasteiger partial charge in [0.05, 0.1) is 0 Å². The zero-order valence-electron chi connectivity index (χ0n) is 5.48. The minimum atomic E-state index is 0.313. The molecule has 0 bridgehead atoms. The van der Waals surface area contributed by atoms with E-state index >= 15 is 0 Å². The average Bonchev–Trinajstić information content (AvgIpc) is 1.89. The van der Waals surface area contributed by atoms with Crippen molar-refractivity contribution in [3.05, 3.63) is 0 Å². The van der Waals surface area contributed by atoms with Crippen LogP contribution >= 0.6 is 23.4 Å². The molecule has 1 N–H and O–H groups in total. The Labute approximate surface area is 65.8 Å². The first-order chi connectivity index (χ1) is 4.41. The van der Waals surface area contributed by atoms with E-state index in [4.69, 9.17) is 16.7 Å². The van der Waals surface area contributed by atoms with E-state index in [1.54, 1.807) is 0 Å². The molecule has 0 saturated carbocycles. The van der Waals surface area contributed by atoms with Crippen LogP contribution in [0.15, 0.2) is 0 Å². The quantitative estimate of drug-likeness (QED) is 0.482. The van der Waals surface area contributed by atoms with E-state index in [1.165, 1.54) is 0 Å². The normalized spacial score (nSPS) is 10.0. The van der Waals surface area contributed by atoms with E-state index < -0.39 is 0 Å². The number of hydrogen-bond donors (Lipinski definition) is 1. The van der Waals surface area contributed by atoms with E-state index in [-0.39, 0.29) is 0 Å². The highest BCUT2D eigenvalue weighted by Crippen LogP contribution is 2.04. The van der Waals surface area contributed by atoms with Crippen LogP contribution in [0.2, 0.25) is 0 Å². The van der Waals surface area contributed by atoms with Crippen molar-refractivity contribution in [2.75, 3.05) is 24.0 Å². The predicted molar refractivity (Wildman–Crippen MR) is 44.4 cm³/mol. The zero-order valence-corrected chi connectivity index (χ0v) is 7.05. The summed E-state index contributed by atoms with van der Waals surface area (Å²) < 4.78 is 0. The molecule has 0 saturated heterocycles. The number of aliphatic hydroxyl groups excluding tert-OH is 1. The summed E-state index contributed by atoms with van der Waals surface area (Å²) in [7, 11) is 0. The Bertz CT molecular complexity index is 46.3. The van der Waals surface area contributed by atoms with Gasteiger partial charge in [-0.25, -0.2) is 0 Å². The Morgan fingerprint density at radius 2 is 1.89 bits per heavy atom. The van der Waals surface area contributed by atoms with Crippen molar-refractivity contribution in [3.8, 4) is 0 Å². The lowest BCUT2D eigenvalue weighted by molar-refractivity contribution is 0.296. The lowest BCUT2D eigenvalue weighted by Crippen LogP contribution is -1.88. The molecule has 0 unspecified atom stereocenters. The van der Waals surface area contributed by atoms with Gasteiger partial charge >= 0.3 is 0 Å². The molecule has 1 nitrogen and oxygen atoms in total. The Morgan fingerprint density at radius 3 is 2.44 bits per heavy atom. The lowest BCUT2D eigenvalue weighted by Gasteiger charge is -1.95. The van der Waals surface area contributed by atoms with Gasteiger partial charge in [0.2, 0.25) is 0 Å². The SMILES string of the molecule is OCCCSCCCCl. The van der Waals surface area contributed by atoms with E-state index in [2.05, 4.69) is 0 Å². The molecular formula is C6H13ClOS. The molecule has 0 atom stereocenters. The van der Waals surface area contributed by atoms with Crippen molar-refractivity contribution in [3.63, 3.8) is 0 Å². The second-order valence-corrected chi connectivity index (χ2v) is 3.33. The molecule has 56 valence electrons. The highest BCUT2D eigenvalue weighted by Gasteiger charge is 1.86. The Morgan fingerprint density at radius 1 is 1.22 bits per heavy atom. The van der Waals surface area contributed by atoms with Crippen LogP contribution in [0.5, 0.6) is 0 Å². The Hall–Kier alpha value is 0.600. The molecule has 0 aromatic carbocycles. The van der Waals surface area contributed by atoms with Crippen LogP contribution in [-0.2, 0) is 0 Å². The van der Waals surface area contributed by atoms with E-state index in [9.17, 15) is 0 Å². The van der Waals surface area contributed by atoms with E-state index in [1.807, 2.05) is 11.8 Å². The van der Waals surface area contributed by atoms with Gasteiger partial charge in [0.1, 0.15) is 0 Å². The topological polar surface area (TPSA) is 20.2 Å². The third kappa shape index (κ3) is 8.60. The van der Waals surface area contributed by atoms with Crippen LogP contribution in [0.3, 0.4) is 0 Å². The molecule has 3 heteroatoms. The fourth-order valence-electron chi connectivity index (χ4n) is 0.425. The van der Waals surface area contributed by atoms with Gasteiger partial charge < -0.3 is 5.11 Å². The van der Waals surface area contributed by atoms with Crippen LogP contribution in [-0.4, -0.2) is 29.1 Å². The van der Waals surface area contributed by atoms with Gasteiger partial charge in [-0.1, -0.05) is 0 Å². The number of thioether (sulfide) groups is 1. The molecule has 9 heavy (non-hydrogen) atoms. The summed E-state index contributed by atoms with van der Waals surface area (Å²) in [6.45, 7) is 0.313. The summed E-state index contributed by atoms with van der Waals surface area (Å²) >= 11 is 7.31. The van der Waals surface area contributed by atoms with Crippen molar-refractivity contribution in [1.82, 2.24) is 0 Å². The van der Waals surface area contributed by atoms with Gasteiger partial charge in [0.25, 0.3) is 0 Å². The lowest BCUT2D eigenvalue weighted by atomic mass is 10.5. The summed E-state index contributed by atoms with van der Waals surface area (Å²) in [5, 5.41) is 8.38. The van der Waals surface area contributed by atoms with E-state index in [0.29, 0.717) is 6.61 Å². The third-order valence-electron chi connectivity index (χ3n) is 0.869.